The second-order valence-corrected chi connectivity index (χ2v) is 6.62. The number of nitrogens with one attached hydrogen (secondary N) is 1. The number of sulfonamides is 1. The van der Waals surface area contributed by atoms with Gasteiger partial charge < -0.3 is 5.73 Å². The van der Waals surface area contributed by atoms with E-state index in [1.165, 1.54) is 23.5 Å². The van der Waals surface area contributed by atoms with Gasteiger partial charge in [0, 0.05) is 15.5 Å². The largest absolute Gasteiger partial charge is 0.398 e. The lowest BCUT2D eigenvalue weighted by molar-refractivity contribution is 0.601. The van der Waals surface area contributed by atoms with Crippen LogP contribution in [0.15, 0.2) is 44.4 Å². The number of halogens is 1. The first-order valence-electron chi connectivity index (χ1n) is 4.59. The summed E-state index contributed by atoms with van der Waals surface area (Å²) in [5.41, 5.74) is 6.67. The van der Waals surface area contributed by atoms with Gasteiger partial charge in [-0.15, -0.1) is 0 Å². The van der Waals surface area contributed by atoms with E-state index in [9.17, 15) is 8.42 Å². The second-order valence-electron chi connectivity index (χ2n) is 3.30. The van der Waals surface area contributed by atoms with Gasteiger partial charge in [0.25, 0.3) is 10.0 Å². The van der Waals surface area contributed by atoms with Gasteiger partial charge in [-0.1, -0.05) is 0 Å². The summed E-state index contributed by atoms with van der Waals surface area (Å²) in [6.07, 6.45) is 0. The van der Waals surface area contributed by atoms with Crippen molar-refractivity contribution in [2.45, 2.75) is 4.90 Å². The van der Waals surface area contributed by atoms with E-state index in [0.29, 0.717) is 15.8 Å². The SMILES string of the molecule is Nc1ccc(S(=O)(=O)Nc2ccsc2)cc1Br. The van der Waals surface area contributed by atoms with Crippen molar-refractivity contribution in [2.24, 2.45) is 0 Å². The zero-order valence-corrected chi connectivity index (χ0v) is 11.8. The maximum Gasteiger partial charge on any atom is 0.261 e. The lowest BCUT2D eigenvalue weighted by Gasteiger charge is -2.07. The minimum Gasteiger partial charge on any atom is -0.398 e. The highest BCUT2D eigenvalue weighted by Gasteiger charge is 2.15. The Hall–Kier alpha value is -1.05. The Morgan fingerprint density at radius 2 is 2.06 bits per heavy atom. The van der Waals surface area contributed by atoms with Gasteiger partial charge in [0.1, 0.15) is 0 Å². The summed E-state index contributed by atoms with van der Waals surface area (Å²) < 4.78 is 27.0. The molecule has 0 saturated carbocycles. The standard InChI is InChI=1S/C10H9BrN2O2S2/c11-9-5-8(1-2-10(9)12)17(14,15)13-7-3-4-16-6-7/h1-6,13H,12H2. The number of rotatable bonds is 3. The topological polar surface area (TPSA) is 72.2 Å². The average molecular weight is 333 g/mol. The molecular formula is C10H9BrN2O2S2. The summed E-state index contributed by atoms with van der Waals surface area (Å²) >= 11 is 4.63. The molecule has 90 valence electrons. The Labute approximate surface area is 112 Å². The molecular weight excluding hydrogens is 324 g/mol. The fraction of sp³-hybridized carbons (Fsp3) is 0. The van der Waals surface area contributed by atoms with Crippen LogP contribution in [0.1, 0.15) is 0 Å². The smallest absolute Gasteiger partial charge is 0.261 e. The maximum absolute atomic E-state index is 12.0. The van der Waals surface area contributed by atoms with Crippen molar-refractivity contribution in [1.82, 2.24) is 0 Å². The van der Waals surface area contributed by atoms with E-state index in [0.717, 1.165) is 0 Å². The summed E-state index contributed by atoms with van der Waals surface area (Å²) in [6.45, 7) is 0. The van der Waals surface area contributed by atoms with Crippen LogP contribution in [0.4, 0.5) is 11.4 Å². The van der Waals surface area contributed by atoms with E-state index in [-0.39, 0.29) is 4.90 Å². The molecule has 1 heterocycles. The van der Waals surface area contributed by atoms with Crippen LogP contribution in [0, 0.1) is 0 Å². The zero-order valence-electron chi connectivity index (χ0n) is 8.55. The van der Waals surface area contributed by atoms with Crippen molar-refractivity contribution in [3.05, 3.63) is 39.5 Å². The number of thiophene rings is 1. The normalized spacial score (nSPS) is 11.4. The molecule has 7 heteroatoms. The first-order chi connectivity index (χ1) is 7.99. The molecule has 0 unspecified atom stereocenters. The number of hydrogen-bond donors (Lipinski definition) is 2. The first-order valence-corrected chi connectivity index (χ1v) is 7.81. The van der Waals surface area contributed by atoms with Crippen LogP contribution in [0.5, 0.6) is 0 Å². The number of hydrogen-bond acceptors (Lipinski definition) is 4. The molecule has 0 amide bonds. The Bertz CT molecular complexity index is 624. The highest BCUT2D eigenvalue weighted by atomic mass is 79.9. The lowest BCUT2D eigenvalue weighted by Crippen LogP contribution is -2.12. The van der Waals surface area contributed by atoms with Crippen LogP contribution in [0.2, 0.25) is 0 Å². The molecule has 4 nitrogen and oxygen atoms in total. The molecule has 0 bridgehead atoms. The number of anilines is 2. The minimum absolute atomic E-state index is 0.171. The zero-order chi connectivity index (χ0) is 12.5. The highest BCUT2D eigenvalue weighted by Crippen LogP contribution is 2.25. The third-order valence-electron chi connectivity index (χ3n) is 2.06. The van der Waals surface area contributed by atoms with Gasteiger partial charge in [-0.2, -0.15) is 11.3 Å². The van der Waals surface area contributed by atoms with E-state index in [1.54, 1.807) is 22.9 Å². The Morgan fingerprint density at radius 3 is 2.65 bits per heavy atom. The van der Waals surface area contributed by atoms with Crippen molar-refractivity contribution in [1.29, 1.82) is 0 Å². The number of benzene rings is 1. The summed E-state index contributed by atoms with van der Waals surface area (Å²) in [7, 11) is -3.55. The van der Waals surface area contributed by atoms with E-state index in [2.05, 4.69) is 20.7 Å². The predicted octanol–water partition coefficient (Wildman–Crippen LogP) is 2.89. The third kappa shape index (κ3) is 2.80. The van der Waals surface area contributed by atoms with Gasteiger partial charge in [-0.05, 0) is 45.6 Å². The lowest BCUT2D eigenvalue weighted by atomic mass is 10.3. The average Bonchev–Trinajstić information content (AvgIpc) is 2.73. The van der Waals surface area contributed by atoms with Gasteiger partial charge in [0.05, 0.1) is 10.6 Å². The fourth-order valence-electron chi connectivity index (χ4n) is 1.21. The van der Waals surface area contributed by atoms with Gasteiger partial charge >= 0.3 is 0 Å². The highest BCUT2D eigenvalue weighted by molar-refractivity contribution is 9.10. The Balaban J connectivity index is 2.35. The molecule has 0 aliphatic heterocycles. The van der Waals surface area contributed by atoms with Crippen molar-refractivity contribution in [3.8, 4) is 0 Å². The third-order valence-corrected chi connectivity index (χ3v) is 4.80. The first kappa shape index (κ1) is 12.4. The van der Waals surface area contributed by atoms with Crippen molar-refractivity contribution < 1.29 is 8.42 Å². The van der Waals surface area contributed by atoms with Crippen LogP contribution in [-0.4, -0.2) is 8.42 Å². The molecule has 1 aromatic carbocycles. The molecule has 0 spiro atoms. The van der Waals surface area contributed by atoms with E-state index >= 15 is 0 Å². The van der Waals surface area contributed by atoms with E-state index < -0.39 is 10.0 Å². The van der Waals surface area contributed by atoms with Gasteiger partial charge in [-0.25, -0.2) is 8.42 Å². The van der Waals surface area contributed by atoms with E-state index in [4.69, 9.17) is 5.73 Å². The molecule has 2 aromatic rings. The van der Waals surface area contributed by atoms with Crippen molar-refractivity contribution >= 4 is 48.7 Å². The molecule has 0 atom stereocenters. The van der Waals surface area contributed by atoms with Crippen LogP contribution < -0.4 is 10.5 Å². The summed E-state index contributed by atoms with van der Waals surface area (Å²) in [4.78, 5) is 0.171. The van der Waals surface area contributed by atoms with E-state index in [1.807, 2.05) is 0 Å². The predicted molar refractivity (Wildman–Crippen MR) is 73.7 cm³/mol. The van der Waals surface area contributed by atoms with Gasteiger partial charge in [-0.3, -0.25) is 4.72 Å². The summed E-state index contributed by atoms with van der Waals surface area (Å²) in [5.74, 6) is 0. The van der Waals surface area contributed by atoms with Crippen LogP contribution >= 0.6 is 27.3 Å². The molecule has 17 heavy (non-hydrogen) atoms. The monoisotopic (exact) mass is 332 g/mol. The molecule has 0 fully saturated rings. The van der Waals surface area contributed by atoms with Crippen molar-refractivity contribution in [3.63, 3.8) is 0 Å². The number of nitrogen functional groups attached to an aromatic ring is 1. The molecule has 2 rings (SSSR count). The van der Waals surface area contributed by atoms with Crippen LogP contribution in [-0.2, 0) is 10.0 Å². The van der Waals surface area contributed by atoms with Gasteiger partial charge in [0.2, 0.25) is 0 Å². The Morgan fingerprint density at radius 1 is 1.29 bits per heavy atom. The minimum atomic E-state index is -3.55. The molecule has 1 aromatic heterocycles. The Kier molecular flexibility index (Phi) is 3.41. The molecule has 0 aliphatic rings. The van der Waals surface area contributed by atoms with Crippen molar-refractivity contribution in [2.75, 3.05) is 10.5 Å². The summed E-state index contributed by atoms with van der Waals surface area (Å²) in [6, 6.07) is 6.19. The quantitative estimate of drug-likeness (QED) is 0.849. The second kappa shape index (κ2) is 4.67. The molecule has 3 N–H and O–H groups in total. The maximum atomic E-state index is 12.0. The van der Waals surface area contributed by atoms with Crippen LogP contribution in [0.25, 0.3) is 0 Å². The molecule has 0 saturated heterocycles. The molecule has 0 radical (unpaired) electrons. The summed E-state index contributed by atoms with van der Waals surface area (Å²) in [5, 5.41) is 3.53. The van der Waals surface area contributed by atoms with Crippen LogP contribution in [0.3, 0.4) is 0 Å². The number of nitrogens with two attached hydrogens (primary N) is 1. The molecule has 0 aliphatic carbocycles. The van der Waals surface area contributed by atoms with Gasteiger partial charge in [0.15, 0.2) is 0 Å². The fourth-order valence-corrected chi connectivity index (χ4v) is 3.48.